The van der Waals surface area contributed by atoms with E-state index in [2.05, 4.69) is 37.2 Å². The van der Waals surface area contributed by atoms with Gasteiger partial charge in [0.25, 0.3) is 11.5 Å². The normalized spacial score (nSPS) is 14.7. The van der Waals surface area contributed by atoms with E-state index < -0.39 is 0 Å². The van der Waals surface area contributed by atoms with Gasteiger partial charge >= 0.3 is 0 Å². The standard InChI is InChI=1S/C21H27N7O2/c1-5-14-9-28-19(24-20(14)29)8-15(25-28)10-27-11-16(12-27)26(4)18-7-6-17(21(30)22-3)23-13(18)2/h6-9,16H,5,10-12H2,1-4H3,(H,22,30)(H,24,29). The highest BCUT2D eigenvalue weighted by Crippen LogP contribution is 2.25. The number of nitrogens with zero attached hydrogens (tertiary/aromatic N) is 5. The van der Waals surface area contributed by atoms with Crippen LogP contribution in [-0.2, 0) is 13.0 Å². The summed E-state index contributed by atoms with van der Waals surface area (Å²) in [5.41, 5.74) is 4.64. The van der Waals surface area contributed by atoms with Gasteiger partial charge in [0.2, 0.25) is 0 Å². The number of amides is 1. The fraction of sp³-hybridized carbons (Fsp3) is 0.429. The Morgan fingerprint density at radius 2 is 2.13 bits per heavy atom. The van der Waals surface area contributed by atoms with Crippen LogP contribution < -0.4 is 15.8 Å². The second-order valence-corrected chi connectivity index (χ2v) is 7.77. The van der Waals surface area contributed by atoms with Gasteiger partial charge in [-0.05, 0) is 25.5 Å². The summed E-state index contributed by atoms with van der Waals surface area (Å²) in [4.78, 5) is 35.6. The van der Waals surface area contributed by atoms with E-state index in [1.807, 2.05) is 32.2 Å². The van der Waals surface area contributed by atoms with Gasteiger partial charge in [0, 0.05) is 51.6 Å². The van der Waals surface area contributed by atoms with Crippen LogP contribution in [0, 0.1) is 6.92 Å². The average molecular weight is 409 g/mol. The Kier molecular flexibility index (Phi) is 5.29. The molecular weight excluding hydrogens is 382 g/mol. The smallest absolute Gasteiger partial charge is 0.269 e. The van der Waals surface area contributed by atoms with E-state index in [0.29, 0.717) is 18.2 Å². The third kappa shape index (κ3) is 3.68. The van der Waals surface area contributed by atoms with Crippen molar-refractivity contribution in [2.24, 2.45) is 0 Å². The lowest BCUT2D eigenvalue weighted by Crippen LogP contribution is -2.58. The molecule has 0 aliphatic carbocycles. The summed E-state index contributed by atoms with van der Waals surface area (Å²) in [5.74, 6) is -0.179. The summed E-state index contributed by atoms with van der Waals surface area (Å²) in [6.07, 6.45) is 2.49. The van der Waals surface area contributed by atoms with Gasteiger partial charge in [0.05, 0.1) is 23.1 Å². The number of hydrogen-bond donors (Lipinski definition) is 2. The SMILES string of the molecule is CCc1cn2nc(CN3CC(N(C)c4ccc(C(=O)NC)nc4C)C3)cc2[nH]c1=O. The fourth-order valence-electron chi connectivity index (χ4n) is 3.89. The van der Waals surface area contributed by atoms with Gasteiger partial charge in [-0.15, -0.1) is 0 Å². The Hall–Kier alpha value is -3.20. The molecule has 0 bridgehead atoms. The molecule has 1 aliphatic rings. The van der Waals surface area contributed by atoms with Crippen molar-refractivity contribution in [1.82, 2.24) is 29.8 Å². The highest BCUT2D eigenvalue weighted by molar-refractivity contribution is 5.92. The van der Waals surface area contributed by atoms with E-state index in [-0.39, 0.29) is 11.5 Å². The Morgan fingerprint density at radius 1 is 1.37 bits per heavy atom. The summed E-state index contributed by atoms with van der Waals surface area (Å²) < 4.78 is 1.75. The van der Waals surface area contributed by atoms with E-state index in [1.54, 1.807) is 17.6 Å². The van der Waals surface area contributed by atoms with Gasteiger partial charge in [-0.1, -0.05) is 6.92 Å². The first-order chi connectivity index (χ1) is 14.4. The number of likely N-dealkylation sites (tertiary alicyclic amines) is 1. The van der Waals surface area contributed by atoms with Gasteiger partial charge in [-0.2, -0.15) is 5.10 Å². The first-order valence-corrected chi connectivity index (χ1v) is 10.1. The van der Waals surface area contributed by atoms with Crippen LogP contribution >= 0.6 is 0 Å². The molecule has 0 unspecified atom stereocenters. The maximum Gasteiger partial charge on any atom is 0.269 e. The molecule has 3 aromatic rings. The fourth-order valence-corrected chi connectivity index (χ4v) is 3.89. The summed E-state index contributed by atoms with van der Waals surface area (Å²) >= 11 is 0. The predicted octanol–water partition coefficient (Wildman–Crippen LogP) is 0.969. The van der Waals surface area contributed by atoms with Crippen LogP contribution in [0.4, 0.5) is 5.69 Å². The zero-order valence-corrected chi connectivity index (χ0v) is 17.8. The second kappa shape index (κ2) is 7.91. The number of fused-ring (bicyclic) bond motifs is 1. The van der Waals surface area contributed by atoms with Crippen molar-refractivity contribution in [1.29, 1.82) is 0 Å². The van der Waals surface area contributed by atoms with Crippen molar-refractivity contribution in [2.45, 2.75) is 32.9 Å². The number of carbonyl (C=O) groups excluding carboxylic acids is 1. The molecule has 4 rings (SSSR count). The topological polar surface area (TPSA) is 98.6 Å². The first-order valence-electron chi connectivity index (χ1n) is 10.1. The molecule has 1 fully saturated rings. The lowest BCUT2D eigenvalue weighted by Gasteiger charge is -2.45. The molecule has 4 heterocycles. The van der Waals surface area contributed by atoms with Crippen molar-refractivity contribution < 1.29 is 4.79 Å². The number of H-pyrrole nitrogens is 1. The zero-order chi connectivity index (χ0) is 21.4. The number of pyridine rings is 1. The number of aromatic amines is 1. The van der Waals surface area contributed by atoms with Crippen molar-refractivity contribution in [2.75, 3.05) is 32.1 Å². The number of anilines is 1. The van der Waals surface area contributed by atoms with Crippen molar-refractivity contribution in [3.8, 4) is 0 Å². The first kappa shape index (κ1) is 20.1. The Bertz CT molecular complexity index is 1140. The molecule has 9 nitrogen and oxygen atoms in total. The molecule has 1 aliphatic heterocycles. The number of aromatic nitrogens is 4. The van der Waals surface area contributed by atoms with E-state index in [9.17, 15) is 9.59 Å². The Morgan fingerprint density at radius 3 is 2.80 bits per heavy atom. The Labute approximate surface area is 174 Å². The molecule has 0 saturated carbocycles. The minimum atomic E-state index is -0.179. The van der Waals surface area contributed by atoms with E-state index in [0.717, 1.165) is 47.9 Å². The van der Waals surface area contributed by atoms with Crippen LogP contribution in [0.3, 0.4) is 0 Å². The van der Waals surface area contributed by atoms with Crippen LogP contribution in [-0.4, -0.2) is 63.6 Å². The minimum Gasteiger partial charge on any atom is -0.368 e. The number of likely N-dealkylation sites (N-methyl/N-ethyl adjacent to an activating group) is 1. The van der Waals surface area contributed by atoms with Gasteiger partial charge in [0.15, 0.2) is 0 Å². The molecule has 2 N–H and O–H groups in total. The van der Waals surface area contributed by atoms with Crippen LogP contribution in [0.15, 0.2) is 29.2 Å². The second-order valence-electron chi connectivity index (χ2n) is 7.77. The van der Waals surface area contributed by atoms with E-state index in [4.69, 9.17) is 0 Å². The molecule has 30 heavy (non-hydrogen) atoms. The largest absolute Gasteiger partial charge is 0.368 e. The third-order valence-electron chi connectivity index (χ3n) is 5.75. The van der Waals surface area contributed by atoms with E-state index >= 15 is 0 Å². The average Bonchev–Trinajstić information content (AvgIpc) is 3.09. The van der Waals surface area contributed by atoms with Crippen LogP contribution in [0.1, 0.15) is 34.4 Å². The van der Waals surface area contributed by atoms with Gasteiger partial charge in [0.1, 0.15) is 11.3 Å². The van der Waals surface area contributed by atoms with Crippen molar-refractivity contribution in [3.05, 3.63) is 57.4 Å². The lowest BCUT2D eigenvalue weighted by molar-refractivity contribution is 0.0958. The molecule has 0 atom stereocenters. The summed E-state index contributed by atoms with van der Waals surface area (Å²) in [6.45, 7) is 6.45. The van der Waals surface area contributed by atoms with Crippen LogP contribution in [0.25, 0.3) is 5.65 Å². The monoisotopic (exact) mass is 409 g/mol. The van der Waals surface area contributed by atoms with Gasteiger partial charge in [-0.3, -0.25) is 14.5 Å². The quantitative estimate of drug-likeness (QED) is 0.630. The summed E-state index contributed by atoms with van der Waals surface area (Å²) in [7, 11) is 3.67. The van der Waals surface area contributed by atoms with Crippen molar-refractivity contribution in [3.63, 3.8) is 0 Å². The summed E-state index contributed by atoms with van der Waals surface area (Å²) in [6, 6.07) is 6.03. The maximum atomic E-state index is 12.0. The highest BCUT2D eigenvalue weighted by Gasteiger charge is 2.31. The van der Waals surface area contributed by atoms with Crippen LogP contribution in [0.2, 0.25) is 0 Å². The number of hydrogen-bond acceptors (Lipinski definition) is 6. The number of rotatable bonds is 6. The minimum absolute atomic E-state index is 0.0477. The number of aryl methyl sites for hydroxylation is 2. The van der Waals surface area contributed by atoms with E-state index in [1.165, 1.54) is 0 Å². The highest BCUT2D eigenvalue weighted by atomic mass is 16.1. The number of nitrogens with one attached hydrogen (secondary N) is 2. The maximum absolute atomic E-state index is 12.0. The van der Waals surface area contributed by atoms with Crippen molar-refractivity contribution >= 4 is 17.2 Å². The molecule has 9 heteroatoms. The molecule has 158 valence electrons. The molecule has 1 saturated heterocycles. The van der Waals surface area contributed by atoms with Crippen LogP contribution in [0.5, 0.6) is 0 Å². The third-order valence-corrected chi connectivity index (χ3v) is 5.75. The zero-order valence-electron chi connectivity index (χ0n) is 17.8. The molecule has 0 radical (unpaired) electrons. The molecule has 0 spiro atoms. The molecule has 1 amide bonds. The number of carbonyl (C=O) groups is 1. The van der Waals surface area contributed by atoms with Gasteiger partial charge in [-0.25, -0.2) is 9.50 Å². The molecule has 3 aromatic heterocycles. The lowest BCUT2D eigenvalue weighted by atomic mass is 10.1. The summed E-state index contributed by atoms with van der Waals surface area (Å²) in [5, 5.41) is 7.21. The molecular formula is C21H27N7O2. The Balaban J connectivity index is 1.39. The molecule has 0 aromatic carbocycles. The van der Waals surface area contributed by atoms with Gasteiger partial charge < -0.3 is 15.2 Å². The predicted molar refractivity (Wildman–Crippen MR) is 115 cm³/mol.